The Morgan fingerprint density at radius 1 is 1.21 bits per heavy atom. The van der Waals surface area contributed by atoms with E-state index in [2.05, 4.69) is 11.1 Å². The van der Waals surface area contributed by atoms with E-state index in [0.717, 1.165) is 11.3 Å². The minimum Gasteiger partial charge on any atom is -0.454 e. The lowest BCUT2D eigenvalue weighted by atomic mass is 10.1. The fourth-order valence-corrected chi connectivity index (χ4v) is 2.52. The predicted molar refractivity (Wildman–Crippen MR) is 91.9 cm³/mol. The van der Waals surface area contributed by atoms with Crippen LogP contribution in [0.15, 0.2) is 55.0 Å². The lowest BCUT2D eigenvalue weighted by molar-refractivity contribution is 0.480. The molecule has 0 unspecified atom stereocenters. The summed E-state index contributed by atoms with van der Waals surface area (Å²) in [6.45, 7) is 1.01. The van der Waals surface area contributed by atoms with Crippen LogP contribution in [0.5, 0.6) is 11.5 Å². The smallest absolute Gasteiger partial charge is 0.146 e. The molecular formula is C18H15ClN4O. The van der Waals surface area contributed by atoms with Gasteiger partial charge in [0, 0.05) is 19.3 Å². The molecule has 0 aliphatic heterocycles. The van der Waals surface area contributed by atoms with Gasteiger partial charge in [0.2, 0.25) is 0 Å². The fourth-order valence-electron chi connectivity index (χ4n) is 2.35. The molecule has 0 amide bonds. The first-order valence-corrected chi connectivity index (χ1v) is 7.73. The molecule has 2 N–H and O–H groups in total. The molecule has 0 saturated carbocycles. The summed E-state index contributed by atoms with van der Waals surface area (Å²) in [5.41, 5.74) is 8.06. The first kappa shape index (κ1) is 16.1. The first-order valence-electron chi connectivity index (χ1n) is 7.35. The van der Waals surface area contributed by atoms with Crippen LogP contribution in [0.2, 0.25) is 5.02 Å². The molecule has 0 bridgehead atoms. The molecule has 0 aliphatic rings. The van der Waals surface area contributed by atoms with Gasteiger partial charge in [0.25, 0.3) is 0 Å². The van der Waals surface area contributed by atoms with Gasteiger partial charge in [0.1, 0.15) is 17.6 Å². The molecule has 0 atom stereocenters. The Morgan fingerprint density at radius 2 is 2.04 bits per heavy atom. The highest BCUT2D eigenvalue weighted by molar-refractivity contribution is 6.32. The van der Waals surface area contributed by atoms with Crippen molar-refractivity contribution >= 4 is 11.6 Å². The van der Waals surface area contributed by atoms with E-state index in [0.29, 0.717) is 35.2 Å². The van der Waals surface area contributed by atoms with Crippen LogP contribution in [0, 0.1) is 11.3 Å². The lowest BCUT2D eigenvalue weighted by Crippen LogP contribution is -2.07. The van der Waals surface area contributed by atoms with Crippen molar-refractivity contribution in [3.05, 3.63) is 76.8 Å². The standard InChI is InChI=1S/C18H15ClN4O/c19-16-3-1-2-4-17(16)24-18-7-13(5-6-14(18)8-20)11-23-12-22-10-15(23)9-21/h1-7,10,12H,9,11,21H2. The number of ether oxygens (including phenoxy) is 1. The van der Waals surface area contributed by atoms with Crippen molar-refractivity contribution < 1.29 is 4.74 Å². The average Bonchev–Trinajstić information content (AvgIpc) is 3.04. The Morgan fingerprint density at radius 3 is 2.79 bits per heavy atom. The molecule has 5 nitrogen and oxygen atoms in total. The second-order valence-electron chi connectivity index (χ2n) is 5.19. The number of nitriles is 1. The fraction of sp³-hybridized carbons (Fsp3) is 0.111. The molecule has 0 aliphatic carbocycles. The SMILES string of the molecule is N#Cc1ccc(Cn2cncc2CN)cc1Oc1ccccc1Cl. The van der Waals surface area contributed by atoms with Crippen molar-refractivity contribution in [1.29, 1.82) is 5.26 Å². The van der Waals surface area contributed by atoms with Crippen LogP contribution in [-0.2, 0) is 13.1 Å². The molecular weight excluding hydrogens is 324 g/mol. The second-order valence-corrected chi connectivity index (χ2v) is 5.60. The molecule has 1 heterocycles. The van der Waals surface area contributed by atoms with Gasteiger partial charge in [-0.15, -0.1) is 0 Å². The largest absolute Gasteiger partial charge is 0.454 e. The molecule has 1 aromatic heterocycles. The maximum absolute atomic E-state index is 9.30. The van der Waals surface area contributed by atoms with Gasteiger partial charge in [-0.25, -0.2) is 4.98 Å². The third-order valence-corrected chi connectivity index (χ3v) is 3.90. The van der Waals surface area contributed by atoms with E-state index >= 15 is 0 Å². The molecule has 0 radical (unpaired) electrons. The van der Waals surface area contributed by atoms with Gasteiger partial charge in [-0.2, -0.15) is 5.26 Å². The van der Waals surface area contributed by atoms with Crippen LogP contribution in [0.1, 0.15) is 16.8 Å². The summed E-state index contributed by atoms with van der Waals surface area (Å²) in [4.78, 5) is 4.11. The average molecular weight is 339 g/mol. The van der Waals surface area contributed by atoms with Crippen LogP contribution in [-0.4, -0.2) is 9.55 Å². The van der Waals surface area contributed by atoms with Crippen LogP contribution < -0.4 is 10.5 Å². The maximum Gasteiger partial charge on any atom is 0.146 e. The molecule has 0 spiro atoms. The molecule has 6 heteroatoms. The summed E-state index contributed by atoms with van der Waals surface area (Å²) in [5.74, 6) is 0.982. The molecule has 120 valence electrons. The number of aromatic nitrogens is 2. The number of benzene rings is 2. The molecule has 24 heavy (non-hydrogen) atoms. The van der Waals surface area contributed by atoms with Crippen LogP contribution >= 0.6 is 11.6 Å². The van der Waals surface area contributed by atoms with Crippen molar-refractivity contribution in [3.8, 4) is 17.6 Å². The number of imidazole rings is 1. The predicted octanol–water partition coefficient (Wildman–Crippen LogP) is 3.71. The number of nitrogens with zero attached hydrogens (tertiary/aromatic N) is 3. The number of hydrogen-bond acceptors (Lipinski definition) is 4. The Labute approximate surface area is 144 Å². The quantitative estimate of drug-likeness (QED) is 0.769. The summed E-state index contributed by atoms with van der Waals surface area (Å²) < 4.78 is 7.80. The van der Waals surface area contributed by atoms with Gasteiger partial charge in [-0.1, -0.05) is 29.8 Å². The van der Waals surface area contributed by atoms with E-state index in [1.54, 1.807) is 30.7 Å². The summed E-state index contributed by atoms with van der Waals surface area (Å²) in [6, 6.07) is 14.8. The second kappa shape index (κ2) is 7.18. The van der Waals surface area contributed by atoms with E-state index in [-0.39, 0.29) is 0 Å². The number of halogens is 1. The highest BCUT2D eigenvalue weighted by Gasteiger charge is 2.10. The van der Waals surface area contributed by atoms with Crippen molar-refractivity contribution in [2.24, 2.45) is 5.73 Å². The molecule has 0 saturated heterocycles. The number of hydrogen-bond donors (Lipinski definition) is 1. The molecule has 3 rings (SSSR count). The Balaban J connectivity index is 1.91. The van der Waals surface area contributed by atoms with E-state index in [9.17, 15) is 5.26 Å². The van der Waals surface area contributed by atoms with Crippen molar-refractivity contribution in [2.45, 2.75) is 13.1 Å². The molecule has 3 aromatic rings. The van der Waals surface area contributed by atoms with Crippen LogP contribution in [0.4, 0.5) is 0 Å². The van der Waals surface area contributed by atoms with Crippen molar-refractivity contribution in [2.75, 3.05) is 0 Å². The highest BCUT2D eigenvalue weighted by Crippen LogP contribution is 2.31. The third-order valence-electron chi connectivity index (χ3n) is 3.58. The molecule has 2 aromatic carbocycles. The minimum atomic E-state index is 0.416. The van der Waals surface area contributed by atoms with Crippen molar-refractivity contribution in [3.63, 3.8) is 0 Å². The van der Waals surface area contributed by atoms with E-state index in [1.807, 2.05) is 28.8 Å². The summed E-state index contributed by atoms with van der Waals surface area (Å²) in [7, 11) is 0. The summed E-state index contributed by atoms with van der Waals surface area (Å²) in [6.07, 6.45) is 3.47. The number of rotatable bonds is 5. The topological polar surface area (TPSA) is 76.9 Å². The highest BCUT2D eigenvalue weighted by atomic mass is 35.5. The van der Waals surface area contributed by atoms with Gasteiger partial charge in [0.05, 0.1) is 22.6 Å². The maximum atomic E-state index is 9.30. The summed E-state index contributed by atoms with van der Waals surface area (Å²) in [5, 5.41) is 9.79. The Kier molecular flexibility index (Phi) is 4.80. The number of nitrogens with two attached hydrogens (primary N) is 1. The van der Waals surface area contributed by atoms with Crippen molar-refractivity contribution in [1.82, 2.24) is 9.55 Å². The van der Waals surface area contributed by atoms with Crippen LogP contribution in [0.25, 0.3) is 0 Å². The van der Waals surface area contributed by atoms with E-state index in [4.69, 9.17) is 22.1 Å². The van der Waals surface area contributed by atoms with Gasteiger partial charge < -0.3 is 15.0 Å². The normalized spacial score (nSPS) is 10.4. The van der Waals surface area contributed by atoms with Gasteiger partial charge in [0.15, 0.2) is 0 Å². The monoisotopic (exact) mass is 338 g/mol. The molecule has 0 fully saturated rings. The zero-order valence-corrected chi connectivity index (χ0v) is 13.6. The zero-order valence-electron chi connectivity index (χ0n) is 12.8. The minimum absolute atomic E-state index is 0.416. The van der Waals surface area contributed by atoms with Gasteiger partial charge >= 0.3 is 0 Å². The zero-order chi connectivity index (χ0) is 16.9. The Hall–Kier alpha value is -2.81. The van der Waals surface area contributed by atoms with Gasteiger partial charge in [-0.3, -0.25) is 0 Å². The van der Waals surface area contributed by atoms with E-state index < -0.39 is 0 Å². The summed E-state index contributed by atoms with van der Waals surface area (Å²) >= 11 is 6.13. The lowest BCUT2D eigenvalue weighted by Gasteiger charge is -2.12. The Bertz CT molecular complexity index is 898. The van der Waals surface area contributed by atoms with Gasteiger partial charge in [-0.05, 0) is 29.8 Å². The number of para-hydroxylation sites is 1. The third kappa shape index (κ3) is 3.40. The van der Waals surface area contributed by atoms with E-state index in [1.165, 1.54) is 0 Å². The van der Waals surface area contributed by atoms with Crippen LogP contribution in [0.3, 0.4) is 0 Å². The first-order chi connectivity index (χ1) is 11.7.